The SMILES string of the molecule is C[C@H](Oc1ccccc1Cl)c1nnc(SCC(=O)N[C@@H]2CCCC[C@@H]2C)n1C. The fourth-order valence-electron chi connectivity index (χ4n) is 3.50. The average Bonchev–Trinajstić information content (AvgIpc) is 3.04. The highest BCUT2D eigenvalue weighted by atomic mass is 35.5. The van der Waals surface area contributed by atoms with Crippen molar-refractivity contribution in [3.8, 4) is 5.75 Å². The van der Waals surface area contributed by atoms with Crippen molar-refractivity contribution in [2.75, 3.05) is 5.75 Å². The molecule has 0 radical (unpaired) electrons. The van der Waals surface area contributed by atoms with E-state index in [0.717, 1.165) is 6.42 Å². The number of nitrogens with one attached hydrogen (secondary N) is 1. The summed E-state index contributed by atoms with van der Waals surface area (Å²) in [6.07, 6.45) is 4.40. The number of para-hydroxylation sites is 1. The molecule has 0 spiro atoms. The van der Waals surface area contributed by atoms with Crippen LogP contribution < -0.4 is 10.1 Å². The highest BCUT2D eigenvalue weighted by Gasteiger charge is 2.23. The molecule has 6 nitrogen and oxygen atoms in total. The quantitative estimate of drug-likeness (QED) is 0.670. The van der Waals surface area contributed by atoms with Gasteiger partial charge in [-0.2, -0.15) is 0 Å². The number of hydrogen-bond donors (Lipinski definition) is 1. The van der Waals surface area contributed by atoms with Gasteiger partial charge in [0.15, 0.2) is 17.1 Å². The van der Waals surface area contributed by atoms with Crippen molar-refractivity contribution in [2.45, 2.75) is 56.8 Å². The molecule has 1 aromatic carbocycles. The van der Waals surface area contributed by atoms with Crippen molar-refractivity contribution in [3.63, 3.8) is 0 Å². The first-order valence-corrected chi connectivity index (χ1v) is 11.0. The van der Waals surface area contributed by atoms with E-state index < -0.39 is 0 Å². The highest BCUT2D eigenvalue weighted by molar-refractivity contribution is 7.99. The van der Waals surface area contributed by atoms with Crippen molar-refractivity contribution < 1.29 is 9.53 Å². The number of halogens is 1. The highest BCUT2D eigenvalue weighted by Crippen LogP contribution is 2.29. The largest absolute Gasteiger partial charge is 0.481 e. The van der Waals surface area contributed by atoms with E-state index in [1.165, 1.54) is 31.0 Å². The minimum absolute atomic E-state index is 0.0497. The molecule has 2 aromatic rings. The Morgan fingerprint density at radius 1 is 1.36 bits per heavy atom. The maximum Gasteiger partial charge on any atom is 0.230 e. The van der Waals surface area contributed by atoms with E-state index in [9.17, 15) is 4.79 Å². The first-order chi connectivity index (χ1) is 13.5. The molecule has 1 fully saturated rings. The summed E-state index contributed by atoms with van der Waals surface area (Å²) >= 11 is 7.55. The van der Waals surface area contributed by atoms with Crippen LogP contribution >= 0.6 is 23.4 Å². The number of amides is 1. The van der Waals surface area contributed by atoms with Gasteiger partial charge in [0.25, 0.3) is 0 Å². The lowest BCUT2D eigenvalue weighted by Crippen LogP contribution is -2.41. The van der Waals surface area contributed by atoms with Crippen LogP contribution in [0.2, 0.25) is 5.02 Å². The molecule has 1 aliphatic carbocycles. The summed E-state index contributed by atoms with van der Waals surface area (Å²) in [5.74, 6) is 2.22. The van der Waals surface area contributed by atoms with Gasteiger partial charge < -0.3 is 14.6 Å². The molecule has 1 N–H and O–H groups in total. The van der Waals surface area contributed by atoms with Crippen LogP contribution in [0.1, 0.15) is 51.5 Å². The van der Waals surface area contributed by atoms with Crippen LogP contribution in [0.25, 0.3) is 0 Å². The number of rotatable bonds is 7. The zero-order valence-electron chi connectivity index (χ0n) is 16.5. The van der Waals surface area contributed by atoms with Gasteiger partial charge in [0.1, 0.15) is 5.75 Å². The van der Waals surface area contributed by atoms with Crippen molar-refractivity contribution in [1.82, 2.24) is 20.1 Å². The van der Waals surface area contributed by atoms with Crippen LogP contribution in [0.3, 0.4) is 0 Å². The Morgan fingerprint density at radius 3 is 2.86 bits per heavy atom. The summed E-state index contributed by atoms with van der Waals surface area (Å²) in [5, 5.41) is 12.9. The summed E-state index contributed by atoms with van der Waals surface area (Å²) in [7, 11) is 1.88. The Kier molecular flexibility index (Phi) is 7.24. The van der Waals surface area contributed by atoms with Gasteiger partial charge in [-0.25, -0.2) is 0 Å². The number of ether oxygens (including phenoxy) is 1. The van der Waals surface area contributed by atoms with Crippen LogP contribution in [0.15, 0.2) is 29.4 Å². The van der Waals surface area contributed by atoms with Crippen LogP contribution in [-0.2, 0) is 11.8 Å². The summed E-state index contributed by atoms with van der Waals surface area (Å²) in [6, 6.07) is 7.63. The van der Waals surface area contributed by atoms with Crippen LogP contribution in [-0.4, -0.2) is 32.5 Å². The summed E-state index contributed by atoms with van der Waals surface area (Å²) in [5.41, 5.74) is 0. The topological polar surface area (TPSA) is 69.0 Å². The standard InChI is InChI=1S/C20H27ClN4O2S/c1-13-8-4-6-10-16(13)22-18(26)12-28-20-24-23-19(25(20)3)14(2)27-17-11-7-5-9-15(17)21/h5,7,9,11,13-14,16H,4,6,8,10,12H2,1-3H3,(H,22,26)/t13-,14-,16+/m0/s1. The number of carbonyl (C=O) groups is 1. The maximum absolute atomic E-state index is 12.3. The van der Waals surface area contributed by atoms with E-state index in [1.807, 2.05) is 36.7 Å². The molecule has 3 rings (SSSR count). The van der Waals surface area contributed by atoms with Gasteiger partial charge in [-0.1, -0.05) is 55.3 Å². The van der Waals surface area contributed by atoms with Gasteiger partial charge >= 0.3 is 0 Å². The molecule has 0 unspecified atom stereocenters. The minimum atomic E-state index is -0.316. The zero-order chi connectivity index (χ0) is 20.1. The first kappa shape index (κ1) is 21.0. The molecule has 28 heavy (non-hydrogen) atoms. The molecule has 3 atom stereocenters. The molecule has 1 aromatic heterocycles. The second-order valence-corrected chi connectivity index (χ2v) is 8.66. The first-order valence-electron chi connectivity index (χ1n) is 9.68. The summed E-state index contributed by atoms with van der Waals surface area (Å²) in [6.45, 7) is 4.12. The van der Waals surface area contributed by atoms with Gasteiger partial charge in [-0.3, -0.25) is 4.79 Å². The minimum Gasteiger partial charge on any atom is -0.481 e. The third-order valence-electron chi connectivity index (χ3n) is 5.16. The fourth-order valence-corrected chi connectivity index (χ4v) is 4.41. The van der Waals surface area contributed by atoms with Gasteiger partial charge in [0.2, 0.25) is 5.91 Å². The molecule has 1 heterocycles. The third-order valence-corrected chi connectivity index (χ3v) is 6.50. The summed E-state index contributed by atoms with van der Waals surface area (Å²) < 4.78 is 7.78. The van der Waals surface area contributed by atoms with Crippen molar-refractivity contribution >= 4 is 29.3 Å². The molecule has 152 valence electrons. The van der Waals surface area contributed by atoms with Gasteiger partial charge in [0.05, 0.1) is 10.8 Å². The zero-order valence-corrected chi connectivity index (χ0v) is 18.1. The molecule has 0 bridgehead atoms. The van der Waals surface area contributed by atoms with Crippen LogP contribution in [0.4, 0.5) is 0 Å². The lowest BCUT2D eigenvalue weighted by atomic mass is 9.86. The Balaban J connectivity index is 1.55. The molecular formula is C20H27ClN4O2S. The number of hydrogen-bond acceptors (Lipinski definition) is 5. The molecule has 1 saturated carbocycles. The third kappa shape index (κ3) is 5.20. The fraction of sp³-hybridized carbons (Fsp3) is 0.550. The normalized spacial score (nSPS) is 20.6. The number of aromatic nitrogens is 3. The number of carbonyl (C=O) groups excluding carboxylic acids is 1. The molecule has 8 heteroatoms. The molecule has 0 aliphatic heterocycles. The number of benzene rings is 1. The average molecular weight is 423 g/mol. The molecular weight excluding hydrogens is 396 g/mol. The Hall–Kier alpha value is -1.73. The maximum atomic E-state index is 12.3. The molecule has 0 saturated heterocycles. The van der Waals surface area contributed by atoms with E-state index in [0.29, 0.717) is 39.5 Å². The van der Waals surface area contributed by atoms with E-state index in [4.69, 9.17) is 16.3 Å². The van der Waals surface area contributed by atoms with Gasteiger partial charge in [0, 0.05) is 13.1 Å². The summed E-state index contributed by atoms with van der Waals surface area (Å²) in [4.78, 5) is 12.3. The van der Waals surface area contributed by atoms with E-state index in [-0.39, 0.29) is 12.0 Å². The van der Waals surface area contributed by atoms with E-state index in [1.54, 1.807) is 6.07 Å². The smallest absolute Gasteiger partial charge is 0.230 e. The predicted molar refractivity (Wildman–Crippen MR) is 112 cm³/mol. The van der Waals surface area contributed by atoms with Gasteiger partial charge in [-0.05, 0) is 37.8 Å². The second kappa shape index (κ2) is 9.65. The van der Waals surface area contributed by atoms with Crippen molar-refractivity contribution in [1.29, 1.82) is 0 Å². The number of nitrogens with zero attached hydrogens (tertiary/aromatic N) is 3. The predicted octanol–water partition coefficient (Wildman–Crippen LogP) is 4.40. The van der Waals surface area contributed by atoms with Crippen molar-refractivity contribution in [2.24, 2.45) is 13.0 Å². The van der Waals surface area contributed by atoms with Crippen molar-refractivity contribution in [3.05, 3.63) is 35.1 Å². The Bertz CT molecular complexity index is 813. The number of thioether (sulfide) groups is 1. The Labute approximate surface area is 175 Å². The van der Waals surface area contributed by atoms with E-state index in [2.05, 4.69) is 22.4 Å². The molecule has 1 aliphatic rings. The lowest BCUT2D eigenvalue weighted by Gasteiger charge is -2.29. The molecule has 1 amide bonds. The second-order valence-electron chi connectivity index (χ2n) is 7.31. The van der Waals surface area contributed by atoms with Gasteiger partial charge in [-0.15, -0.1) is 10.2 Å². The van der Waals surface area contributed by atoms with Crippen LogP contribution in [0.5, 0.6) is 5.75 Å². The van der Waals surface area contributed by atoms with Crippen LogP contribution in [0, 0.1) is 5.92 Å². The lowest BCUT2D eigenvalue weighted by molar-refractivity contribution is -0.119. The monoisotopic (exact) mass is 422 g/mol. The Morgan fingerprint density at radius 2 is 2.11 bits per heavy atom. The van der Waals surface area contributed by atoms with E-state index >= 15 is 0 Å².